The van der Waals surface area contributed by atoms with E-state index in [-0.39, 0.29) is 29.8 Å². The number of nitrogens with zero attached hydrogens (tertiary/aromatic N) is 1. The molecule has 7 heteroatoms. The maximum absolute atomic E-state index is 12.9. The number of hydrogen-bond acceptors (Lipinski definition) is 3. The number of halogens is 1. The Kier molecular flexibility index (Phi) is 4.41. The zero-order valence-corrected chi connectivity index (χ0v) is 12.8. The molecule has 0 atom stereocenters. The minimum Gasteiger partial charge on any atom is -0.310 e. The Bertz CT molecular complexity index is 826. The van der Waals surface area contributed by atoms with E-state index in [1.54, 1.807) is 24.4 Å². The molecule has 1 aromatic carbocycles. The van der Waals surface area contributed by atoms with Crippen LogP contribution < -0.4 is 16.4 Å². The van der Waals surface area contributed by atoms with Crippen molar-refractivity contribution in [1.82, 2.24) is 15.4 Å². The number of pyridine rings is 1. The summed E-state index contributed by atoms with van der Waals surface area (Å²) in [7, 11) is 0. The number of carbonyl (C=O) groups is 2. The van der Waals surface area contributed by atoms with Gasteiger partial charge < -0.3 is 4.57 Å². The van der Waals surface area contributed by atoms with Gasteiger partial charge >= 0.3 is 0 Å². The van der Waals surface area contributed by atoms with Gasteiger partial charge in [-0.2, -0.15) is 0 Å². The van der Waals surface area contributed by atoms with Crippen molar-refractivity contribution in [2.24, 2.45) is 5.92 Å². The van der Waals surface area contributed by atoms with Gasteiger partial charge in [0.05, 0.1) is 6.54 Å². The molecule has 2 amide bonds. The molecule has 1 saturated carbocycles. The molecule has 2 aromatic rings. The standard InChI is InChI=1S/C17H16FN3O3/c18-13-7-3-11(4-8-13)10-21-9-1-2-14(17(21)24)16(23)20-19-15(22)12-5-6-12/h1-4,7-9,12H,5-6,10H2,(H,19,22)(H,20,23). The molecule has 0 bridgehead atoms. The molecule has 0 saturated heterocycles. The Hall–Kier alpha value is -2.96. The zero-order valence-electron chi connectivity index (χ0n) is 12.8. The SMILES string of the molecule is O=C(NNC(=O)C1CC1)c1cccn(Cc2ccc(F)cc2)c1=O. The molecule has 0 radical (unpaired) electrons. The van der Waals surface area contributed by atoms with Crippen LogP contribution in [-0.4, -0.2) is 16.4 Å². The van der Waals surface area contributed by atoms with E-state index in [1.807, 2.05) is 0 Å². The summed E-state index contributed by atoms with van der Waals surface area (Å²) < 4.78 is 14.3. The maximum Gasteiger partial charge on any atom is 0.275 e. The van der Waals surface area contributed by atoms with E-state index in [0.717, 1.165) is 18.4 Å². The van der Waals surface area contributed by atoms with E-state index in [0.29, 0.717) is 0 Å². The number of nitrogens with one attached hydrogen (secondary N) is 2. The average Bonchev–Trinajstić information content (AvgIpc) is 3.41. The van der Waals surface area contributed by atoms with Crippen LogP contribution in [0, 0.1) is 11.7 Å². The second-order valence-corrected chi connectivity index (χ2v) is 5.70. The molecule has 1 fully saturated rings. The van der Waals surface area contributed by atoms with Crippen molar-refractivity contribution >= 4 is 11.8 Å². The molecule has 1 aliphatic carbocycles. The van der Waals surface area contributed by atoms with Crippen LogP contribution in [0.5, 0.6) is 0 Å². The molecule has 2 N–H and O–H groups in total. The predicted octanol–water partition coefficient (Wildman–Crippen LogP) is 1.21. The van der Waals surface area contributed by atoms with Crippen LogP contribution in [0.1, 0.15) is 28.8 Å². The number of hydrogen-bond donors (Lipinski definition) is 2. The highest BCUT2D eigenvalue weighted by Crippen LogP contribution is 2.28. The van der Waals surface area contributed by atoms with Crippen molar-refractivity contribution in [1.29, 1.82) is 0 Å². The van der Waals surface area contributed by atoms with Gasteiger partial charge in [0.15, 0.2) is 0 Å². The fourth-order valence-electron chi connectivity index (χ4n) is 2.25. The second kappa shape index (κ2) is 6.66. The molecule has 1 aliphatic rings. The minimum atomic E-state index is -0.664. The van der Waals surface area contributed by atoms with Crippen molar-refractivity contribution in [3.8, 4) is 0 Å². The molecule has 24 heavy (non-hydrogen) atoms. The third-order valence-corrected chi connectivity index (χ3v) is 3.78. The molecular weight excluding hydrogens is 313 g/mol. The number of carbonyl (C=O) groups excluding carboxylic acids is 2. The third kappa shape index (κ3) is 3.68. The van der Waals surface area contributed by atoms with E-state index in [2.05, 4.69) is 10.9 Å². The lowest BCUT2D eigenvalue weighted by molar-refractivity contribution is -0.123. The lowest BCUT2D eigenvalue weighted by atomic mass is 10.2. The molecule has 3 rings (SSSR count). The van der Waals surface area contributed by atoms with Crippen molar-refractivity contribution in [2.75, 3.05) is 0 Å². The van der Waals surface area contributed by atoms with Crippen LogP contribution in [0.3, 0.4) is 0 Å². The van der Waals surface area contributed by atoms with Gasteiger partial charge in [-0.05, 0) is 42.7 Å². The van der Waals surface area contributed by atoms with E-state index in [9.17, 15) is 18.8 Å². The highest BCUT2D eigenvalue weighted by molar-refractivity contribution is 5.95. The van der Waals surface area contributed by atoms with E-state index >= 15 is 0 Å². The van der Waals surface area contributed by atoms with Gasteiger partial charge in [-0.1, -0.05) is 12.1 Å². The normalized spacial score (nSPS) is 13.4. The van der Waals surface area contributed by atoms with Crippen molar-refractivity contribution in [3.63, 3.8) is 0 Å². The summed E-state index contributed by atoms with van der Waals surface area (Å²) in [6.45, 7) is 0.217. The van der Waals surface area contributed by atoms with Gasteiger partial charge in [0.1, 0.15) is 11.4 Å². The van der Waals surface area contributed by atoms with Crippen molar-refractivity contribution < 1.29 is 14.0 Å². The van der Waals surface area contributed by atoms with E-state index in [1.165, 1.54) is 22.8 Å². The Morgan fingerprint density at radius 3 is 2.50 bits per heavy atom. The molecule has 0 spiro atoms. The monoisotopic (exact) mass is 329 g/mol. The van der Waals surface area contributed by atoms with Crippen molar-refractivity contribution in [3.05, 3.63) is 69.9 Å². The topological polar surface area (TPSA) is 80.2 Å². The summed E-state index contributed by atoms with van der Waals surface area (Å²) >= 11 is 0. The van der Waals surface area contributed by atoms with Gasteiger partial charge in [-0.3, -0.25) is 25.2 Å². The van der Waals surface area contributed by atoms with Gasteiger partial charge in [0.2, 0.25) is 5.91 Å². The van der Waals surface area contributed by atoms with Crippen LogP contribution in [0.25, 0.3) is 0 Å². The van der Waals surface area contributed by atoms with E-state index < -0.39 is 11.5 Å². The summed E-state index contributed by atoms with van der Waals surface area (Å²) in [6, 6.07) is 8.73. The minimum absolute atomic E-state index is 0.0452. The van der Waals surface area contributed by atoms with Crippen LogP contribution >= 0.6 is 0 Å². The first kappa shape index (κ1) is 15.9. The maximum atomic E-state index is 12.9. The Morgan fingerprint density at radius 2 is 1.83 bits per heavy atom. The molecule has 0 unspecified atom stereocenters. The lowest BCUT2D eigenvalue weighted by Crippen LogP contribution is -2.44. The molecule has 124 valence electrons. The fourth-order valence-corrected chi connectivity index (χ4v) is 2.25. The number of hydrazine groups is 1. The van der Waals surface area contributed by atoms with Gasteiger partial charge in [-0.25, -0.2) is 4.39 Å². The lowest BCUT2D eigenvalue weighted by Gasteiger charge is -2.09. The smallest absolute Gasteiger partial charge is 0.275 e. The molecule has 6 nitrogen and oxygen atoms in total. The van der Waals surface area contributed by atoms with Gasteiger partial charge in [0.25, 0.3) is 11.5 Å². The Balaban J connectivity index is 1.72. The fraction of sp³-hybridized carbons (Fsp3) is 0.235. The number of amides is 2. The highest BCUT2D eigenvalue weighted by atomic mass is 19.1. The Morgan fingerprint density at radius 1 is 1.12 bits per heavy atom. The van der Waals surface area contributed by atoms with Crippen molar-refractivity contribution in [2.45, 2.75) is 19.4 Å². The second-order valence-electron chi connectivity index (χ2n) is 5.70. The number of rotatable bonds is 4. The zero-order chi connectivity index (χ0) is 17.1. The van der Waals surface area contributed by atoms with Crippen LogP contribution in [0.2, 0.25) is 0 Å². The highest BCUT2D eigenvalue weighted by Gasteiger charge is 2.29. The number of benzene rings is 1. The molecule has 1 heterocycles. The first-order valence-corrected chi connectivity index (χ1v) is 7.58. The van der Waals surface area contributed by atoms with Crippen LogP contribution in [0.15, 0.2) is 47.4 Å². The molecular formula is C17H16FN3O3. The first-order chi connectivity index (χ1) is 11.5. The third-order valence-electron chi connectivity index (χ3n) is 3.78. The summed E-state index contributed by atoms with van der Waals surface area (Å²) in [5, 5.41) is 0. The first-order valence-electron chi connectivity index (χ1n) is 7.58. The predicted molar refractivity (Wildman–Crippen MR) is 84.5 cm³/mol. The summed E-state index contributed by atoms with van der Waals surface area (Å²) in [6.07, 6.45) is 3.18. The quantitative estimate of drug-likeness (QED) is 0.828. The molecule has 1 aromatic heterocycles. The summed E-state index contributed by atoms with van der Waals surface area (Å²) in [4.78, 5) is 36.0. The summed E-state index contributed by atoms with van der Waals surface area (Å²) in [5.41, 5.74) is 4.75. The van der Waals surface area contributed by atoms with Crippen LogP contribution in [0.4, 0.5) is 4.39 Å². The Labute approximate surface area is 137 Å². The van der Waals surface area contributed by atoms with E-state index in [4.69, 9.17) is 0 Å². The largest absolute Gasteiger partial charge is 0.310 e. The summed E-state index contributed by atoms with van der Waals surface area (Å²) in [5.74, 6) is -1.31. The van der Waals surface area contributed by atoms with Crippen LogP contribution in [-0.2, 0) is 11.3 Å². The van der Waals surface area contributed by atoms with Gasteiger partial charge in [-0.15, -0.1) is 0 Å². The molecule has 0 aliphatic heterocycles. The number of aromatic nitrogens is 1. The average molecular weight is 329 g/mol. The van der Waals surface area contributed by atoms with Gasteiger partial charge in [0, 0.05) is 12.1 Å².